The third kappa shape index (κ3) is 2.77. The Bertz CT molecular complexity index is 593. The van der Waals surface area contributed by atoms with E-state index in [-0.39, 0.29) is 17.8 Å². The zero-order chi connectivity index (χ0) is 15.0. The van der Waals surface area contributed by atoms with Crippen molar-refractivity contribution in [2.45, 2.75) is 38.7 Å². The van der Waals surface area contributed by atoms with Crippen LogP contribution in [0.5, 0.6) is 0 Å². The molecule has 21 heavy (non-hydrogen) atoms. The highest BCUT2D eigenvalue weighted by molar-refractivity contribution is 9.10. The number of rotatable bonds is 2. The molecule has 2 aliphatic rings. The van der Waals surface area contributed by atoms with Crippen LogP contribution in [0.3, 0.4) is 0 Å². The molecule has 112 valence electrons. The molecule has 0 saturated carbocycles. The predicted molar refractivity (Wildman–Crippen MR) is 83.8 cm³/mol. The van der Waals surface area contributed by atoms with Crippen LogP contribution in [-0.2, 0) is 16.0 Å². The van der Waals surface area contributed by atoms with Gasteiger partial charge in [0.1, 0.15) is 6.10 Å². The molecule has 3 rings (SSSR count). The van der Waals surface area contributed by atoms with Crippen molar-refractivity contribution in [2.24, 2.45) is 0 Å². The third-order valence-electron chi connectivity index (χ3n) is 4.15. The summed E-state index contributed by atoms with van der Waals surface area (Å²) in [5.41, 5.74) is 2.61. The summed E-state index contributed by atoms with van der Waals surface area (Å²) < 4.78 is 6.29. The fourth-order valence-electron chi connectivity index (χ4n) is 3.08. The van der Waals surface area contributed by atoms with Crippen molar-refractivity contribution in [3.8, 4) is 0 Å². The lowest BCUT2D eigenvalue weighted by Gasteiger charge is -2.29. The quantitative estimate of drug-likeness (QED) is 0.769. The van der Waals surface area contributed by atoms with Crippen LogP contribution in [0.15, 0.2) is 16.6 Å². The average Bonchev–Trinajstić information content (AvgIpc) is 2.99. The first-order valence-corrected chi connectivity index (χ1v) is 8.13. The molecule has 0 aliphatic carbocycles. The van der Waals surface area contributed by atoms with Crippen molar-refractivity contribution in [1.82, 2.24) is 0 Å². The Kier molecular flexibility index (Phi) is 4.13. The molecular formula is C16H18BrNO3. The van der Waals surface area contributed by atoms with Gasteiger partial charge in [-0.2, -0.15) is 0 Å². The van der Waals surface area contributed by atoms with E-state index in [2.05, 4.69) is 15.9 Å². The van der Waals surface area contributed by atoms with E-state index >= 15 is 0 Å². The molecule has 2 aliphatic heterocycles. The Labute approximate surface area is 132 Å². The van der Waals surface area contributed by atoms with Crippen LogP contribution in [0.4, 0.5) is 5.69 Å². The minimum atomic E-state index is -0.339. The normalized spacial score (nSPS) is 21.2. The maximum atomic E-state index is 12.6. The third-order valence-corrected chi connectivity index (χ3v) is 4.81. The molecule has 1 unspecified atom stereocenters. The van der Waals surface area contributed by atoms with Crippen molar-refractivity contribution < 1.29 is 14.3 Å². The number of hydrogen-bond acceptors (Lipinski definition) is 3. The van der Waals surface area contributed by atoms with Gasteiger partial charge in [0.15, 0.2) is 5.78 Å². The van der Waals surface area contributed by atoms with Crippen molar-refractivity contribution in [1.29, 1.82) is 0 Å². The second-order valence-electron chi connectivity index (χ2n) is 5.60. The smallest absolute Gasteiger partial charge is 0.223 e. The first kappa shape index (κ1) is 14.7. The summed E-state index contributed by atoms with van der Waals surface area (Å²) in [4.78, 5) is 26.1. The number of aryl methyl sites for hydroxylation is 1. The standard InChI is InChI=1S/C16H18BrNO3/c1-10(19)18-6-2-4-11-8-13(17)12(9-14(11)18)16(20)15-5-3-7-21-15/h8-9,15H,2-7H2,1H3. The maximum Gasteiger partial charge on any atom is 0.223 e. The van der Waals surface area contributed by atoms with Crippen molar-refractivity contribution in [2.75, 3.05) is 18.1 Å². The second kappa shape index (κ2) is 5.89. The molecule has 1 atom stereocenters. The largest absolute Gasteiger partial charge is 0.370 e. The van der Waals surface area contributed by atoms with E-state index in [1.807, 2.05) is 12.1 Å². The number of amides is 1. The topological polar surface area (TPSA) is 46.6 Å². The molecule has 0 spiro atoms. The van der Waals surface area contributed by atoms with E-state index in [0.29, 0.717) is 12.2 Å². The lowest BCUT2D eigenvalue weighted by molar-refractivity contribution is -0.116. The monoisotopic (exact) mass is 351 g/mol. The minimum Gasteiger partial charge on any atom is -0.370 e. The number of carbonyl (C=O) groups excluding carboxylic acids is 2. The highest BCUT2D eigenvalue weighted by Gasteiger charge is 2.29. The van der Waals surface area contributed by atoms with Gasteiger partial charge < -0.3 is 9.64 Å². The number of ketones is 1. The lowest BCUT2D eigenvalue weighted by Crippen LogP contribution is -2.34. The first-order chi connectivity index (χ1) is 10.1. The lowest BCUT2D eigenvalue weighted by atomic mass is 9.96. The molecule has 1 saturated heterocycles. The van der Waals surface area contributed by atoms with Crippen molar-refractivity contribution in [3.05, 3.63) is 27.7 Å². The van der Waals surface area contributed by atoms with E-state index in [1.165, 1.54) is 0 Å². The van der Waals surface area contributed by atoms with E-state index in [9.17, 15) is 9.59 Å². The van der Waals surface area contributed by atoms with Crippen molar-refractivity contribution >= 4 is 33.3 Å². The molecule has 0 radical (unpaired) electrons. The van der Waals surface area contributed by atoms with Gasteiger partial charge in [0, 0.05) is 35.8 Å². The van der Waals surface area contributed by atoms with Gasteiger partial charge in [-0.25, -0.2) is 0 Å². The number of hydrogen-bond donors (Lipinski definition) is 0. The molecule has 0 aromatic heterocycles. The molecule has 4 nitrogen and oxygen atoms in total. The highest BCUT2D eigenvalue weighted by Crippen LogP contribution is 2.34. The summed E-state index contributed by atoms with van der Waals surface area (Å²) in [5, 5.41) is 0. The van der Waals surface area contributed by atoms with Crippen LogP contribution in [0.25, 0.3) is 0 Å². The van der Waals surface area contributed by atoms with Gasteiger partial charge in [0.05, 0.1) is 0 Å². The van der Waals surface area contributed by atoms with Gasteiger partial charge in [-0.15, -0.1) is 0 Å². The van der Waals surface area contributed by atoms with Gasteiger partial charge in [-0.3, -0.25) is 9.59 Å². The number of carbonyl (C=O) groups is 2. The predicted octanol–water partition coefficient (Wildman–Crippen LogP) is 3.11. The molecule has 0 N–H and O–H groups in total. The number of fused-ring (bicyclic) bond motifs is 1. The summed E-state index contributed by atoms with van der Waals surface area (Å²) >= 11 is 3.50. The van der Waals surface area contributed by atoms with E-state index in [4.69, 9.17) is 4.74 Å². The number of halogens is 1. The molecule has 1 amide bonds. The zero-order valence-corrected chi connectivity index (χ0v) is 13.6. The van der Waals surface area contributed by atoms with Crippen LogP contribution < -0.4 is 4.90 Å². The molecule has 1 aromatic carbocycles. The summed E-state index contributed by atoms with van der Waals surface area (Å²) in [5.74, 6) is 0.0324. The summed E-state index contributed by atoms with van der Waals surface area (Å²) in [6.07, 6.45) is 3.26. The number of Topliss-reactive ketones (excluding diaryl/α,β-unsaturated/α-hetero) is 1. The van der Waals surface area contributed by atoms with E-state index < -0.39 is 0 Å². The van der Waals surface area contributed by atoms with Crippen LogP contribution in [0.2, 0.25) is 0 Å². The zero-order valence-electron chi connectivity index (χ0n) is 12.0. The number of anilines is 1. The maximum absolute atomic E-state index is 12.6. The van der Waals surface area contributed by atoms with Gasteiger partial charge >= 0.3 is 0 Å². The number of benzene rings is 1. The molecule has 0 bridgehead atoms. The molecule has 1 fully saturated rings. The SMILES string of the molecule is CC(=O)N1CCCc2cc(Br)c(C(=O)C3CCCO3)cc21. The molecular weight excluding hydrogens is 334 g/mol. The summed E-state index contributed by atoms with van der Waals surface area (Å²) in [7, 11) is 0. The number of nitrogens with zero attached hydrogens (tertiary/aromatic N) is 1. The van der Waals surface area contributed by atoms with Gasteiger partial charge in [-0.1, -0.05) is 15.9 Å². The van der Waals surface area contributed by atoms with Crippen molar-refractivity contribution in [3.63, 3.8) is 0 Å². The molecule has 1 aromatic rings. The van der Waals surface area contributed by atoms with Gasteiger partial charge in [-0.05, 0) is 43.4 Å². The van der Waals surface area contributed by atoms with Crippen LogP contribution in [0, 0.1) is 0 Å². The van der Waals surface area contributed by atoms with Crippen LogP contribution >= 0.6 is 15.9 Å². The minimum absolute atomic E-state index is 0.0104. The Hall–Kier alpha value is -1.20. The Morgan fingerprint density at radius 2 is 2.14 bits per heavy atom. The summed E-state index contributed by atoms with van der Waals surface area (Å²) in [6.45, 7) is 2.94. The number of ether oxygens (including phenoxy) is 1. The van der Waals surface area contributed by atoms with Gasteiger partial charge in [0.2, 0.25) is 5.91 Å². The highest BCUT2D eigenvalue weighted by atomic mass is 79.9. The Morgan fingerprint density at radius 3 is 2.81 bits per heavy atom. The van der Waals surface area contributed by atoms with Crippen LogP contribution in [0.1, 0.15) is 42.1 Å². The first-order valence-electron chi connectivity index (χ1n) is 7.34. The molecule has 5 heteroatoms. The van der Waals surface area contributed by atoms with E-state index in [0.717, 1.165) is 48.0 Å². The Balaban J connectivity index is 2.00. The fraction of sp³-hybridized carbons (Fsp3) is 0.500. The Morgan fingerprint density at radius 1 is 1.33 bits per heavy atom. The second-order valence-corrected chi connectivity index (χ2v) is 6.46. The summed E-state index contributed by atoms with van der Waals surface area (Å²) in [6, 6.07) is 3.83. The average molecular weight is 352 g/mol. The fourth-order valence-corrected chi connectivity index (χ4v) is 3.66. The van der Waals surface area contributed by atoms with Crippen LogP contribution in [-0.4, -0.2) is 30.9 Å². The van der Waals surface area contributed by atoms with E-state index in [1.54, 1.807) is 11.8 Å². The van der Waals surface area contributed by atoms with Gasteiger partial charge in [0.25, 0.3) is 0 Å². The molecule has 2 heterocycles.